The number of hydrogen-bond acceptors (Lipinski definition) is 5. The van der Waals surface area contributed by atoms with E-state index in [0.717, 1.165) is 5.56 Å². The van der Waals surface area contributed by atoms with E-state index < -0.39 is 0 Å². The Morgan fingerprint density at radius 1 is 1.15 bits per heavy atom. The van der Waals surface area contributed by atoms with Crippen molar-refractivity contribution in [2.24, 2.45) is 4.99 Å². The van der Waals surface area contributed by atoms with E-state index in [1.165, 1.54) is 11.8 Å². The molecule has 2 aromatic rings. The Hall–Kier alpha value is -2.15. The zero-order valence-corrected chi connectivity index (χ0v) is 15.8. The molecule has 0 bridgehead atoms. The van der Waals surface area contributed by atoms with E-state index in [9.17, 15) is 4.79 Å². The number of rotatable bonds is 2. The molecule has 2 heterocycles. The summed E-state index contributed by atoms with van der Waals surface area (Å²) in [5.74, 6) is 0.965. The highest BCUT2D eigenvalue weighted by Crippen LogP contribution is 2.39. The van der Waals surface area contributed by atoms with Crippen LogP contribution >= 0.6 is 35.0 Å². The minimum absolute atomic E-state index is 0.164. The van der Waals surface area contributed by atoms with E-state index in [2.05, 4.69) is 10.3 Å². The molecule has 2 aliphatic heterocycles. The van der Waals surface area contributed by atoms with Gasteiger partial charge in [-0.1, -0.05) is 29.3 Å². The number of aliphatic imine (C=N–C) groups is 1. The van der Waals surface area contributed by atoms with Gasteiger partial charge in [-0.25, -0.2) is 4.99 Å². The largest absolute Gasteiger partial charge is 0.454 e. The van der Waals surface area contributed by atoms with E-state index in [0.29, 0.717) is 42.9 Å². The van der Waals surface area contributed by atoms with Gasteiger partial charge in [0.05, 0.1) is 15.6 Å². The molecule has 5 nitrogen and oxygen atoms in total. The summed E-state index contributed by atoms with van der Waals surface area (Å²) in [7, 11) is 0. The van der Waals surface area contributed by atoms with Gasteiger partial charge in [-0.05, 0) is 54.1 Å². The number of ether oxygens (including phenoxy) is 2. The van der Waals surface area contributed by atoms with Crippen LogP contribution in [0.25, 0.3) is 6.08 Å². The average Bonchev–Trinajstić information content (AvgIpc) is 3.18. The van der Waals surface area contributed by atoms with Gasteiger partial charge in [-0.2, -0.15) is 0 Å². The molecule has 0 aliphatic carbocycles. The summed E-state index contributed by atoms with van der Waals surface area (Å²) < 4.78 is 10.6. The fraction of sp³-hybridized carbons (Fsp3) is 0.111. The summed E-state index contributed by atoms with van der Waals surface area (Å²) in [6.45, 7) is 2.08. The van der Waals surface area contributed by atoms with Crippen molar-refractivity contribution in [3.05, 3.63) is 56.4 Å². The second-order valence-electron chi connectivity index (χ2n) is 5.64. The quantitative estimate of drug-likeness (QED) is 0.718. The molecule has 1 saturated heterocycles. The molecule has 4 rings (SSSR count). The van der Waals surface area contributed by atoms with Gasteiger partial charge in [0.2, 0.25) is 6.79 Å². The maximum Gasteiger partial charge on any atom is 0.264 e. The van der Waals surface area contributed by atoms with Crippen molar-refractivity contribution in [3.63, 3.8) is 0 Å². The minimum atomic E-state index is -0.235. The van der Waals surface area contributed by atoms with Gasteiger partial charge in [0.15, 0.2) is 16.7 Å². The third-order valence-electron chi connectivity index (χ3n) is 3.82. The van der Waals surface area contributed by atoms with Crippen LogP contribution in [0, 0.1) is 6.92 Å². The summed E-state index contributed by atoms with van der Waals surface area (Å²) in [5.41, 5.74) is 2.32. The highest BCUT2D eigenvalue weighted by Gasteiger charge is 2.25. The van der Waals surface area contributed by atoms with Gasteiger partial charge < -0.3 is 14.8 Å². The second-order valence-corrected chi connectivity index (χ2v) is 7.49. The number of nitrogens with one attached hydrogen (secondary N) is 1. The average molecular weight is 407 g/mol. The first-order chi connectivity index (χ1) is 12.5. The molecule has 0 atom stereocenters. The molecule has 1 N–H and O–H groups in total. The van der Waals surface area contributed by atoms with Gasteiger partial charge in [-0.15, -0.1) is 0 Å². The number of hydrogen-bond donors (Lipinski definition) is 1. The molecule has 0 spiro atoms. The smallest absolute Gasteiger partial charge is 0.264 e. The molecular formula is C18H12Cl2N2O3S. The number of nitrogens with zero attached hydrogens (tertiary/aromatic N) is 1. The van der Waals surface area contributed by atoms with Crippen LogP contribution in [0.5, 0.6) is 11.5 Å². The van der Waals surface area contributed by atoms with Gasteiger partial charge in [-0.3, -0.25) is 4.79 Å². The number of thioether (sulfide) groups is 1. The number of carbonyl (C=O) groups excluding carboxylic acids is 1. The summed E-state index contributed by atoms with van der Waals surface area (Å²) in [4.78, 5) is 17.2. The lowest BCUT2D eigenvalue weighted by atomic mass is 10.2. The Bertz CT molecular complexity index is 989. The topological polar surface area (TPSA) is 59.9 Å². The summed E-state index contributed by atoms with van der Waals surface area (Å²) >= 11 is 13.6. The van der Waals surface area contributed by atoms with Crippen molar-refractivity contribution < 1.29 is 14.3 Å². The zero-order valence-electron chi connectivity index (χ0n) is 13.5. The highest BCUT2D eigenvalue weighted by atomic mass is 35.5. The minimum Gasteiger partial charge on any atom is -0.454 e. The number of carbonyl (C=O) groups is 1. The van der Waals surface area contributed by atoms with Crippen molar-refractivity contribution in [1.82, 2.24) is 5.32 Å². The number of benzene rings is 2. The second kappa shape index (κ2) is 6.87. The van der Waals surface area contributed by atoms with Crippen LogP contribution in [0.3, 0.4) is 0 Å². The Balaban J connectivity index is 1.61. The number of halogens is 2. The lowest BCUT2D eigenvalue weighted by molar-refractivity contribution is -0.115. The van der Waals surface area contributed by atoms with Gasteiger partial charge in [0.25, 0.3) is 5.91 Å². The Labute approximate surface area is 164 Å². The maximum absolute atomic E-state index is 12.2. The standard InChI is InChI=1S/C18H12Cl2N2O3S/c1-9-2-3-11(6-12(9)19)21-18-22-17(23)16(26-18)5-10-4-14-15(7-13(10)20)25-8-24-14/h2-7H,8H2,1H3,(H,21,22,23)/b16-5-. The molecule has 0 radical (unpaired) electrons. The first kappa shape index (κ1) is 17.3. The zero-order chi connectivity index (χ0) is 18.3. The Morgan fingerprint density at radius 2 is 1.92 bits per heavy atom. The van der Waals surface area contributed by atoms with Crippen LogP contribution in [-0.4, -0.2) is 17.9 Å². The molecule has 8 heteroatoms. The van der Waals surface area contributed by atoms with Crippen molar-refractivity contribution >= 4 is 57.8 Å². The third kappa shape index (κ3) is 3.40. The van der Waals surface area contributed by atoms with Crippen LogP contribution < -0.4 is 14.8 Å². The van der Waals surface area contributed by atoms with E-state index in [4.69, 9.17) is 32.7 Å². The van der Waals surface area contributed by atoms with Crippen LogP contribution in [-0.2, 0) is 4.79 Å². The lowest BCUT2D eigenvalue weighted by Gasteiger charge is -2.02. The molecule has 1 fully saturated rings. The fourth-order valence-corrected chi connectivity index (χ4v) is 3.65. The molecular weight excluding hydrogens is 395 g/mol. The lowest BCUT2D eigenvalue weighted by Crippen LogP contribution is -2.19. The Morgan fingerprint density at radius 3 is 2.69 bits per heavy atom. The third-order valence-corrected chi connectivity index (χ3v) is 5.46. The molecule has 0 saturated carbocycles. The van der Waals surface area contributed by atoms with E-state index in [-0.39, 0.29) is 12.7 Å². The van der Waals surface area contributed by atoms with Gasteiger partial charge in [0, 0.05) is 11.1 Å². The predicted octanol–water partition coefficient (Wildman–Crippen LogP) is 4.92. The van der Waals surface area contributed by atoms with E-state index in [1.54, 1.807) is 24.3 Å². The number of amidine groups is 1. The van der Waals surface area contributed by atoms with Crippen LogP contribution in [0.1, 0.15) is 11.1 Å². The van der Waals surface area contributed by atoms with Crippen LogP contribution in [0.4, 0.5) is 5.69 Å². The van der Waals surface area contributed by atoms with Gasteiger partial charge >= 0.3 is 0 Å². The monoisotopic (exact) mass is 406 g/mol. The number of amides is 1. The highest BCUT2D eigenvalue weighted by molar-refractivity contribution is 8.18. The maximum atomic E-state index is 12.2. The number of aryl methyl sites for hydroxylation is 1. The molecule has 0 unspecified atom stereocenters. The first-order valence-corrected chi connectivity index (χ1v) is 9.22. The normalized spacial score (nSPS) is 18.7. The molecule has 0 aromatic heterocycles. The van der Waals surface area contributed by atoms with Crippen molar-refractivity contribution in [1.29, 1.82) is 0 Å². The van der Waals surface area contributed by atoms with E-state index in [1.807, 2.05) is 19.1 Å². The molecule has 2 aromatic carbocycles. The number of fused-ring (bicyclic) bond motifs is 1. The SMILES string of the molecule is Cc1ccc(N=C2NC(=O)/C(=C/c3cc4c(cc3Cl)OCO4)S2)cc1Cl. The van der Waals surface area contributed by atoms with Crippen molar-refractivity contribution in [3.8, 4) is 11.5 Å². The van der Waals surface area contributed by atoms with Crippen molar-refractivity contribution in [2.45, 2.75) is 6.92 Å². The molecule has 2 aliphatic rings. The molecule has 26 heavy (non-hydrogen) atoms. The van der Waals surface area contributed by atoms with E-state index >= 15 is 0 Å². The molecule has 1 amide bonds. The summed E-state index contributed by atoms with van der Waals surface area (Å²) in [6, 6.07) is 8.91. The van der Waals surface area contributed by atoms with Crippen molar-refractivity contribution in [2.75, 3.05) is 6.79 Å². The fourth-order valence-electron chi connectivity index (χ4n) is 2.43. The van der Waals surface area contributed by atoms with Crippen LogP contribution in [0.15, 0.2) is 40.2 Å². The van der Waals surface area contributed by atoms with Crippen LogP contribution in [0.2, 0.25) is 10.0 Å². The van der Waals surface area contributed by atoms with Gasteiger partial charge in [0.1, 0.15) is 0 Å². The Kier molecular flexibility index (Phi) is 4.56. The predicted molar refractivity (Wildman–Crippen MR) is 105 cm³/mol. The summed E-state index contributed by atoms with van der Waals surface area (Å²) in [5, 5.41) is 4.33. The summed E-state index contributed by atoms with van der Waals surface area (Å²) in [6.07, 6.45) is 1.70. The first-order valence-electron chi connectivity index (χ1n) is 7.64. The molecule has 132 valence electrons.